The number of aliphatic carboxylic acids is 2. The zero-order chi connectivity index (χ0) is 12.9. The molecular formula is C11H20N2O4Pt+2. The van der Waals surface area contributed by atoms with Gasteiger partial charge in [0.2, 0.25) is 0 Å². The molecule has 1 atom stereocenters. The van der Waals surface area contributed by atoms with Gasteiger partial charge in [0, 0.05) is 12.6 Å². The van der Waals surface area contributed by atoms with Gasteiger partial charge in [0.1, 0.15) is 0 Å². The molecule has 1 saturated heterocycles. The Balaban J connectivity index is 0.000000321. The number of nitrogens with two attached hydrogens (primary N) is 1. The number of hydrogen-bond donors (Lipinski definition) is 4. The number of carboxylic acid groups (broad SMARTS) is 2. The predicted molar refractivity (Wildman–Crippen MR) is 61.6 cm³/mol. The second-order valence-corrected chi connectivity index (χ2v) is 4.57. The number of carbonyl (C=O) groups is 2. The quantitative estimate of drug-likeness (QED) is 0.462. The Kier molecular flexibility index (Phi) is 7.67. The fourth-order valence-corrected chi connectivity index (χ4v) is 2.01. The minimum absolute atomic E-state index is 0. The van der Waals surface area contributed by atoms with Gasteiger partial charge < -0.3 is 21.3 Å². The average molecular weight is 439 g/mol. The van der Waals surface area contributed by atoms with Crippen LogP contribution in [0.4, 0.5) is 0 Å². The van der Waals surface area contributed by atoms with Crippen LogP contribution < -0.4 is 11.1 Å². The van der Waals surface area contributed by atoms with Gasteiger partial charge in [-0.1, -0.05) is 0 Å². The second-order valence-electron chi connectivity index (χ2n) is 4.57. The van der Waals surface area contributed by atoms with Crippen LogP contribution in [0.1, 0.15) is 32.1 Å². The third kappa shape index (κ3) is 4.04. The van der Waals surface area contributed by atoms with Gasteiger partial charge >= 0.3 is 33.0 Å². The van der Waals surface area contributed by atoms with Crippen molar-refractivity contribution in [1.82, 2.24) is 5.32 Å². The van der Waals surface area contributed by atoms with Crippen LogP contribution in [0.5, 0.6) is 0 Å². The molecule has 0 aromatic heterocycles. The summed E-state index contributed by atoms with van der Waals surface area (Å²) < 4.78 is 0. The molecule has 1 aliphatic heterocycles. The van der Waals surface area contributed by atoms with Crippen molar-refractivity contribution in [2.75, 3.05) is 13.1 Å². The van der Waals surface area contributed by atoms with Crippen molar-refractivity contribution < 1.29 is 40.9 Å². The Morgan fingerprint density at radius 1 is 1.22 bits per heavy atom. The van der Waals surface area contributed by atoms with Crippen molar-refractivity contribution in [3.05, 3.63) is 0 Å². The molecule has 2 aliphatic rings. The maximum absolute atomic E-state index is 10.4. The normalized spacial score (nSPS) is 23.9. The summed E-state index contributed by atoms with van der Waals surface area (Å²) in [6.07, 6.45) is 3.84. The van der Waals surface area contributed by atoms with E-state index in [9.17, 15) is 9.59 Å². The fourth-order valence-electron chi connectivity index (χ4n) is 2.01. The fraction of sp³-hybridized carbons (Fsp3) is 0.818. The Morgan fingerprint density at radius 2 is 1.78 bits per heavy atom. The van der Waals surface area contributed by atoms with Crippen LogP contribution in [-0.2, 0) is 30.7 Å². The van der Waals surface area contributed by atoms with Gasteiger partial charge in [0.05, 0.1) is 0 Å². The average Bonchev–Trinajstić information content (AvgIpc) is 2.67. The number of hydrogen-bond acceptors (Lipinski definition) is 4. The van der Waals surface area contributed by atoms with Gasteiger partial charge in [0.15, 0.2) is 5.41 Å². The van der Waals surface area contributed by atoms with E-state index in [1.807, 2.05) is 0 Å². The van der Waals surface area contributed by atoms with Gasteiger partial charge in [-0.25, -0.2) is 0 Å². The van der Waals surface area contributed by atoms with Gasteiger partial charge in [-0.15, -0.1) is 0 Å². The van der Waals surface area contributed by atoms with Crippen LogP contribution >= 0.6 is 0 Å². The first-order valence-electron chi connectivity index (χ1n) is 5.93. The van der Waals surface area contributed by atoms with E-state index in [0.29, 0.717) is 12.5 Å². The second kappa shape index (κ2) is 7.87. The molecule has 1 saturated carbocycles. The van der Waals surface area contributed by atoms with Gasteiger partial charge in [-0.05, 0) is 38.6 Å². The molecule has 5 N–H and O–H groups in total. The minimum Gasteiger partial charge on any atom is -0.480 e. The molecule has 6 nitrogen and oxygen atoms in total. The van der Waals surface area contributed by atoms with Crippen LogP contribution in [-0.4, -0.2) is 41.3 Å². The number of carboxylic acids is 2. The Labute approximate surface area is 121 Å². The zero-order valence-electron chi connectivity index (χ0n) is 10.1. The van der Waals surface area contributed by atoms with Crippen molar-refractivity contribution in [2.45, 2.75) is 38.1 Å². The Hall–Kier alpha value is -0.452. The van der Waals surface area contributed by atoms with Crippen molar-refractivity contribution in [3.63, 3.8) is 0 Å². The molecule has 0 unspecified atom stereocenters. The maximum atomic E-state index is 10.4. The maximum Gasteiger partial charge on any atom is 2.00 e. The first-order valence-corrected chi connectivity index (χ1v) is 5.93. The van der Waals surface area contributed by atoms with Crippen LogP contribution in [0.2, 0.25) is 0 Å². The van der Waals surface area contributed by atoms with E-state index in [1.165, 1.54) is 19.4 Å². The minimum atomic E-state index is -1.44. The Bertz CT molecular complexity index is 273. The van der Waals surface area contributed by atoms with Crippen LogP contribution in [0.25, 0.3) is 0 Å². The molecule has 0 amide bonds. The summed E-state index contributed by atoms with van der Waals surface area (Å²) in [7, 11) is 0. The smallest absolute Gasteiger partial charge is 0.480 e. The van der Waals surface area contributed by atoms with E-state index in [-0.39, 0.29) is 33.9 Å². The molecule has 0 aromatic rings. The molecule has 106 valence electrons. The van der Waals surface area contributed by atoms with Crippen molar-refractivity contribution in [3.8, 4) is 0 Å². The molecule has 2 fully saturated rings. The Morgan fingerprint density at radius 3 is 1.89 bits per heavy atom. The molecule has 0 aromatic carbocycles. The summed E-state index contributed by atoms with van der Waals surface area (Å²) in [6, 6.07) is 0.625. The van der Waals surface area contributed by atoms with E-state index in [2.05, 4.69) is 5.32 Å². The van der Waals surface area contributed by atoms with E-state index in [4.69, 9.17) is 15.9 Å². The van der Waals surface area contributed by atoms with Crippen molar-refractivity contribution in [2.24, 2.45) is 11.1 Å². The standard InChI is InChI=1S/C6H8O4.C5H12N2.Pt/c7-4(8)6(5(9)10)2-1-3-6;6-4-5-2-1-3-7-5;/h1-3H2,(H,7,8)(H,9,10);5,7H,1-4,6H2;/q;;+2/t;5-;/m.0./s1. The first-order chi connectivity index (χ1) is 8.03. The summed E-state index contributed by atoms with van der Waals surface area (Å²) in [5.41, 5.74) is 3.93. The van der Waals surface area contributed by atoms with Crippen LogP contribution in [0.3, 0.4) is 0 Å². The molecule has 0 bridgehead atoms. The molecular weight excluding hydrogens is 419 g/mol. The van der Waals surface area contributed by atoms with Gasteiger partial charge in [0.25, 0.3) is 0 Å². The molecule has 2 rings (SSSR count). The summed E-state index contributed by atoms with van der Waals surface area (Å²) >= 11 is 0. The van der Waals surface area contributed by atoms with Gasteiger partial charge in [-0.3, -0.25) is 9.59 Å². The molecule has 0 spiro atoms. The molecule has 1 heterocycles. The van der Waals surface area contributed by atoms with E-state index in [1.54, 1.807) is 0 Å². The summed E-state index contributed by atoms with van der Waals surface area (Å²) in [5.74, 6) is -2.41. The molecule has 0 radical (unpaired) electrons. The van der Waals surface area contributed by atoms with Crippen LogP contribution in [0.15, 0.2) is 0 Å². The first kappa shape index (κ1) is 17.5. The summed E-state index contributed by atoms with van der Waals surface area (Å²) in [4.78, 5) is 20.7. The molecule has 7 heteroatoms. The third-order valence-electron chi connectivity index (χ3n) is 3.47. The number of rotatable bonds is 3. The van der Waals surface area contributed by atoms with E-state index < -0.39 is 17.4 Å². The number of nitrogens with one attached hydrogen (secondary N) is 1. The SMILES string of the molecule is NC[C@@H]1CCCN1.O=C(O)C1(C(=O)O)CCC1.[Pt+2]. The predicted octanol–water partition coefficient (Wildman–Crippen LogP) is 0.0205. The zero-order valence-corrected chi connectivity index (χ0v) is 12.4. The largest absolute Gasteiger partial charge is 2.00 e. The monoisotopic (exact) mass is 439 g/mol. The van der Waals surface area contributed by atoms with Crippen molar-refractivity contribution in [1.29, 1.82) is 0 Å². The summed E-state index contributed by atoms with van der Waals surface area (Å²) in [5, 5.41) is 20.2. The molecule has 18 heavy (non-hydrogen) atoms. The third-order valence-corrected chi connectivity index (χ3v) is 3.47. The van der Waals surface area contributed by atoms with Crippen molar-refractivity contribution >= 4 is 11.9 Å². The van der Waals surface area contributed by atoms with Gasteiger partial charge in [-0.2, -0.15) is 0 Å². The van der Waals surface area contributed by atoms with Crippen LogP contribution in [0, 0.1) is 5.41 Å². The molecule has 1 aliphatic carbocycles. The van der Waals surface area contributed by atoms with E-state index >= 15 is 0 Å². The summed E-state index contributed by atoms with van der Waals surface area (Å²) in [6.45, 7) is 1.97. The topological polar surface area (TPSA) is 113 Å². The van der Waals surface area contributed by atoms with E-state index in [0.717, 1.165) is 6.54 Å².